The molecule has 1 atom stereocenters. The minimum absolute atomic E-state index is 0. The van der Waals surface area contributed by atoms with Gasteiger partial charge in [-0.2, -0.15) is 5.10 Å². The van der Waals surface area contributed by atoms with Crippen LogP contribution in [0.25, 0.3) is 0 Å². The van der Waals surface area contributed by atoms with Crippen molar-refractivity contribution < 1.29 is 0 Å². The van der Waals surface area contributed by atoms with E-state index < -0.39 is 0 Å². The van der Waals surface area contributed by atoms with Gasteiger partial charge in [0.05, 0.1) is 0 Å². The maximum absolute atomic E-state index is 4.34. The first-order chi connectivity index (χ1) is 11.8. The standard InChI is InChI=1S/C18H26N6.HI/c1-19-18(20-10-5-12-24-13-6-11-21-24)22-16-9-14-23(15-16)17-7-3-2-4-8-17;/h2-4,6-8,11,13,16H,5,9-10,12,14-15H2,1H3,(H2,19,20,22);1H. The summed E-state index contributed by atoms with van der Waals surface area (Å²) in [6, 6.07) is 13.0. The second-order valence-corrected chi connectivity index (χ2v) is 6.03. The number of hydrogen-bond acceptors (Lipinski definition) is 3. The van der Waals surface area contributed by atoms with Gasteiger partial charge >= 0.3 is 0 Å². The molecule has 0 saturated carbocycles. The lowest BCUT2D eigenvalue weighted by Crippen LogP contribution is -2.45. The molecule has 2 heterocycles. The lowest BCUT2D eigenvalue weighted by atomic mass is 10.3. The van der Waals surface area contributed by atoms with Crippen LogP contribution in [-0.2, 0) is 6.54 Å². The summed E-state index contributed by atoms with van der Waals surface area (Å²) in [5.74, 6) is 0.885. The Balaban J connectivity index is 0.00000225. The van der Waals surface area contributed by atoms with E-state index in [9.17, 15) is 0 Å². The van der Waals surface area contributed by atoms with Crippen LogP contribution in [0.5, 0.6) is 0 Å². The van der Waals surface area contributed by atoms with Crippen molar-refractivity contribution in [1.29, 1.82) is 0 Å². The van der Waals surface area contributed by atoms with Gasteiger partial charge in [0.2, 0.25) is 0 Å². The van der Waals surface area contributed by atoms with E-state index in [-0.39, 0.29) is 24.0 Å². The van der Waals surface area contributed by atoms with Gasteiger partial charge in [-0.25, -0.2) is 0 Å². The van der Waals surface area contributed by atoms with Crippen LogP contribution in [0, 0.1) is 0 Å². The highest BCUT2D eigenvalue weighted by molar-refractivity contribution is 14.0. The van der Waals surface area contributed by atoms with Gasteiger partial charge in [0.15, 0.2) is 5.96 Å². The number of aliphatic imine (C=N–C) groups is 1. The Kier molecular flexibility index (Phi) is 8.03. The van der Waals surface area contributed by atoms with E-state index in [0.717, 1.165) is 45.0 Å². The molecule has 136 valence electrons. The fraction of sp³-hybridized carbons (Fsp3) is 0.444. The van der Waals surface area contributed by atoms with Crippen molar-refractivity contribution in [2.45, 2.75) is 25.4 Å². The van der Waals surface area contributed by atoms with Gasteiger partial charge in [-0.15, -0.1) is 24.0 Å². The molecule has 1 fully saturated rings. The zero-order valence-corrected chi connectivity index (χ0v) is 17.0. The highest BCUT2D eigenvalue weighted by Gasteiger charge is 2.23. The fourth-order valence-electron chi connectivity index (χ4n) is 3.02. The van der Waals surface area contributed by atoms with Gasteiger partial charge in [0.25, 0.3) is 0 Å². The number of para-hydroxylation sites is 1. The van der Waals surface area contributed by atoms with Gasteiger partial charge in [-0.3, -0.25) is 9.67 Å². The normalized spacial score (nSPS) is 17.2. The quantitative estimate of drug-likeness (QED) is 0.305. The third-order valence-corrected chi connectivity index (χ3v) is 4.29. The van der Waals surface area contributed by atoms with Crippen molar-refractivity contribution >= 4 is 35.6 Å². The predicted molar refractivity (Wildman–Crippen MR) is 114 cm³/mol. The molecule has 7 heteroatoms. The van der Waals surface area contributed by atoms with E-state index in [4.69, 9.17) is 0 Å². The molecule has 2 N–H and O–H groups in total. The molecule has 1 aliphatic heterocycles. The Morgan fingerprint density at radius 3 is 2.84 bits per heavy atom. The summed E-state index contributed by atoms with van der Waals surface area (Å²) in [6.45, 7) is 3.90. The molecule has 0 radical (unpaired) electrons. The third kappa shape index (κ3) is 5.91. The number of aromatic nitrogens is 2. The maximum atomic E-state index is 4.34. The van der Waals surface area contributed by atoms with Gasteiger partial charge < -0.3 is 15.5 Å². The van der Waals surface area contributed by atoms with Gasteiger partial charge in [0.1, 0.15) is 0 Å². The second kappa shape index (κ2) is 10.3. The average molecular weight is 454 g/mol. The van der Waals surface area contributed by atoms with Crippen LogP contribution >= 0.6 is 24.0 Å². The smallest absolute Gasteiger partial charge is 0.191 e. The van der Waals surface area contributed by atoms with Crippen molar-refractivity contribution in [3.63, 3.8) is 0 Å². The summed E-state index contributed by atoms with van der Waals surface area (Å²) in [7, 11) is 1.83. The molecule has 0 spiro atoms. The van der Waals surface area contributed by atoms with Crippen LogP contribution in [0.3, 0.4) is 0 Å². The lowest BCUT2D eigenvalue weighted by molar-refractivity contribution is 0.566. The molecule has 1 aromatic heterocycles. The number of guanidine groups is 1. The number of hydrogen-bond donors (Lipinski definition) is 2. The molecule has 3 rings (SSSR count). The molecule has 1 unspecified atom stereocenters. The molecule has 0 aliphatic carbocycles. The number of benzene rings is 1. The molecule has 0 bridgehead atoms. The summed E-state index contributed by atoms with van der Waals surface area (Å²) in [4.78, 5) is 6.76. The van der Waals surface area contributed by atoms with Crippen LogP contribution in [0.15, 0.2) is 53.8 Å². The first-order valence-corrected chi connectivity index (χ1v) is 8.60. The number of nitrogens with zero attached hydrogens (tertiary/aromatic N) is 4. The van der Waals surface area contributed by atoms with E-state index in [1.807, 2.05) is 30.2 Å². The SMILES string of the molecule is CN=C(NCCCn1cccn1)NC1CCN(c2ccccc2)C1.I. The largest absolute Gasteiger partial charge is 0.369 e. The molecule has 25 heavy (non-hydrogen) atoms. The summed E-state index contributed by atoms with van der Waals surface area (Å²) in [5.41, 5.74) is 1.30. The van der Waals surface area contributed by atoms with E-state index in [1.54, 1.807) is 0 Å². The van der Waals surface area contributed by atoms with E-state index in [2.05, 4.69) is 56.0 Å². The van der Waals surface area contributed by atoms with Crippen LogP contribution in [0.1, 0.15) is 12.8 Å². The molecule has 1 aliphatic rings. The van der Waals surface area contributed by atoms with Crippen LogP contribution in [0.2, 0.25) is 0 Å². The van der Waals surface area contributed by atoms with Crippen molar-refractivity contribution in [2.24, 2.45) is 4.99 Å². The number of rotatable bonds is 6. The third-order valence-electron chi connectivity index (χ3n) is 4.29. The molecule has 0 amide bonds. The molecular formula is C18H27IN6. The number of nitrogens with one attached hydrogen (secondary N) is 2. The summed E-state index contributed by atoms with van der Waals surface area (Å²) in [6.07, 6.45) is 5.95. The summed E-state index contributed by atoms with van der Waals surface area (Å²) < 4.78 is 1.95. The van der Waals surface area contributed by atoms with Crippen molar-refractivity contribution in [2.75, 3.05) is 31.6 Å². The van der Waals surface area contributed by atoms with Crippen molar-refractivity contribution in [3.8, 4) is 0 Å². The molecule has 1 saturated heterocycles. The van der Waals surface area contributed by atoms with Crippen LogP contribution < -0.4 is 15.5 Å². The fourth-order valence-corrected chi connectivity index (χ4v) is 3.02. The predicted octanol–water partition coefficient (Wildman–Crippen LogP) is 2.34. The van der Waals surface area contributed by atoms with Crippen molar-refractivity contribution in [1.82, 2.24) is 20.4 Å². The summed E-state index contributed by atoms with van der Waals surface area (Å²) in [5, 5.41) is 11.1. The Labute approximate surface area is 166 Å². The molecular weight excluding hydrogens is 427 g/mol. The van der Waals surface area contributed by atoms with Gasteiger partial charge in [0, 0.05) is 57.3 Å². The first-order valence-electron chi connectivity index (χ1n) is 8.60. The minimum Gasteiger partial charge on any atom is -0.369 e. The molecule has 6 nitrogen and oxygen atoms in total. The zero-order valence-electron chi connectivity index (χ0n) is 14.6. The number of halogens is 1. The second-order valence-electron chi connectivity index (χ2n) is 6.03. The highest BCUT2D eigenvalue weighted by Crippen LogP contribution is 2.19. The van der Waals surface area contributed by atoms with Gasteiger partial charge in [-0.05, 0) is 31.0 Å². The Bertz CT molecular complexity index is 628. The maximum Gasteiger partial charge on any atom is 0.191 e. The number of aryl methyl sites for hydroxylation is 1. The van der Waals surface area contributed by atoms with E-state index in [1.165, 1.54) is 5.69 Å². The van der Waals surface area contributed by atoms with E-state index in [0.29, 0.717) is 6.04 Å². The Hall–Kier alpha value is -1.77. The first kappa shape index (κ1) is 19.6. The van der Waals surface area contributed by atoms with Gasteiger partial charge in [-0.1, -0.05) is 18.2 Å². The Morgan fingerprint density at radius 1 is 1.28 bits per heavy atom. The van der Waals surface area contributed by atoms with Crippen LogP contribution in [-0.4, -0.2) is 48.5 Å². The monoisotopic (exact) mass is 454 g/mol. The lowest BCUT2D eigenvalue weighted by Gasteiger charge is -2.20. The minimum atomic E-state index is 0. The topological polar surface area (TPSA) is 57.5 Å². The van der Waals surface area contributed by atoms with Crippen LogP contribution in [0.4, 0.5) is 5.69 Å². The van der Waals surface area contributed by atoms with Crippen molar-refractivity contribution in [3.05, 3.63) is 48.8 Å². The number of anilines is 1. The zero-order chi connectivity index (χ0) is 16.6. The Morgan fingerprint density at radius 2 is 2.12 bits per heavy atom. The molecule has 2 aromatic rings. The summed E-state index contributed by atoms with van der Waals surface area (Å²) >= 11 is 0. The van der Waals surface area contributed by atoms with E-state index >= 15 is 0 Å². The highest BCUT2D eigenvalue weighted by atomic mass is 127. The average Bonchev–Trinajstić information content (AvgIpc) is 3.30. The molecule has 1 aromatic carbocycles.